The zero-order chi connectivity index (χ0) is 18.0. The summed E-state index contributed by atoms with van der Waals surface area (Å²) in [5.74, 6) is -0.303. The van der Waals surface area contributed by atoms with Gasteiger partial charge in [-0.2, -0.15) is 13.2 Å². The highest BCUT2D eigenvalue weighted by Gasteiger charge is 2.30. The van der Waals surface area contributed by atoms with E-state index in [1.807, 2.05) is 19.1 Å². The van der Waals surface area contributed by atoms with E-state index in [-0.39, 0.29) is 5.91 Å². The third-order valence-corrected chi connectivity index (χ3v) is 4.36. The summed E-state index contributed by atoms with van der Waals surface area (Å²) in [5.41, 5.74) is 1.36. The summed E-state index contributed by atoms with van der Waals surface area (Å²) >= 11 is 1.16. The molecule has 3 rings (SSSR count). The number of thiazole rings is 1. The average Bonchev–Trinajstić information content (AvgIpc) is 3.03. The number of rotatable bonds is 3. The number of anilines is 1. The van der Waals surface area contributed by atoms with E-state index in [4.69, 9.17) is 0 Å². The van der Waals surface area contributed by atoms with Crippen LogP contribution in [-0.4, -0.2) is 10.9 Å². The van der Waals surface area contributed by atoms with Gasteiger partial charge in [-0.1, -0.05) is 30.3 Å². The second kappa shape index (κ2) is 6.68. The van der Waals surface area contributed by atoms with Gasteiger partial charge in [0.1, 0.15) is 0 Å². The normalized spacial score (nSPS) is 11.4. The molecule has 0 unspecified atom stereocenters. The Hall–Kier alpha value is -2.67. The standard InChI is InChI=1S/C18H13F3N2OS/c1-11-5-2-3-8-14(11)16(24)23-17-22-15(10-25-17)12-6-4-7-13(9-12)18(19,20)21/h2-10H,1H3,(H,22,23,24). The number of aromatic nitrogens is 1. The van der Waals surface area contributed by atoms with Crippen LogP contribution in [0.4, 0.5) is 18.3 Å². The molecule has 0 saturated carbocycles. The number of carbonyl (C=O) groups excluding carboxylic acids is 1. The van der Waals surface area contributed by atoms with Crippen molar-refractivity contribution < 1.29 is 18.0 Å². The second-order valence-corrected chi connectivity index (χ2v) is 6.24. The fourth-order valence-electron chi connectivity index (χ4n) is 2.31. The summed E-state index contributed by atoms with van der Waals surface area (Å²) in [6.07, 6.45) is -4.41. The fourth-order valence-corrected chi connectivity index (χ4v) is 3.03. The number of nitrogens with zero attached hydrogens (tertiary/aromatic N) is 1. The minimum Gasteiger partial charge on any atom is -0.298 e. The van der Waals surface area contributed by atoms with Crippen molar-refractivity contribution in [3.63, 3.8) is 0 Å². The first-order chi connectivity index (χ1) is 11.8. The maximum atomic E-state index is 12.8. The quantitative estimate of drug-likeness (QED) is 0.679. The lowest BCUT2D eigenvalue weighted by atomic mass is 10.1. The van der Waals surface area contributed by atoms with Crippen LogP contribution in [0.1, 0.15) is 21.5 Å². The van der Waals surface area contributed by atoms with Crippen LogP contribution in [0.5, 0.6) is 0 Å². The summed E-state index contributed by atoms with van der Waals surface area (Å²) in [5, 5.41) is 4.63. The molecule has 1 aromatic heterocycles. The van der Waals surface area contributed by atoms with Crippen molar-refractivity contribution in [1.29, 1.82) is 0 Å². The smallest absolute Gasteiger partial charge is 0.298 e. The highest BCUT2D eigenvalue weighted by molar-refractivity contribution is 7.14. The molecule has 0 atom stereocenters. The van der Waals surface area contributed by atoms with E-state index in [0.29, 0.717) is 22.0 Å². The Bertz CT molecular complexity index is 918. The Morgan fingerprint density at radius 2 is 1.88 bits per heavy atom. The molecule has 0 radical (unpaired) electrons. The first-order valence-corrected chi connectivity index (χ1v) is 8.23. The van der Waals surface area contributed by atoms with Crippen LogP contribution >= 0.6 is 11.3 Å². The predicted molar refractivity (Wildman–Crippen MR) is 91.7 cm³/mol. The van der Waals surface area contributed by atoms with E-state index in [1.54, 1.807) is 23.6 Å². The van der Waals surface area contributed by atoms with Crippen molar-refractivity contribution in [2.45, 2.75) is 13.1 Å². The van der Waals surface area contributed by atoms with Crippen LogP contribution in [0.2, 0.25) is 0 Å². The SMILES string of the molecule is Cc1ccccc1C(=O)Nc1nc(-c2cccc(C(F)(F)F)c2)cs1. The molecule has 25 heavy (non-hydrogen) atoms. The number of alkyl halides is 3. The van der Waals surface area contributed by atoms with Gasteiger partial charge in [-0.05, 0) is 30.7 Å². The third kappa shape index (κ3) is 3.88. The van der Waals surface area contributed by atoms with E-state index in [9.17, 15) is 18.0 Å². The van der Waals surface area contributed by atoms with Crippen molar-refractivity contribution in [3.8, 4) is 11.3 Å². The van der Waals surface area contributed by atoms with Crippen molar-refractivity contribution in [2.24, 2.45) is 0 Å². The van der Waals surface area contributed by atoms with E-state index < -0.39 is 11.7 Å². The Balaban J connectivity index is 1.82. The molecule has 0 saturated heterocycles. The molecule has 0 bridgehead atoms. The lowest BCUT2D eigenvalue weighted by molar-refractivity contribution is -0.137. The lowest BCUT2D eigenvalue weighted by Gasteiger charge is -2.07. The van der Waals surface area contributed by atoms with E-state index in [1.165, 1.54) is 6.07 Å². The number of hydrogen-bond acceptors (Lipinski definition) is 3. The topological polar surface area (TPSA) is 42.0 Å². The first-order valence-electron chi connectivity index (χ1n) is 7.35. The van der Waals surface area contributed by atoms with Crippen LogP contribution in [0.3, 0.4) is 0 Å². The highest BCUT2D eigenvalue weighted by Crippen LogP contribution is 2.33. The van der Waals surface area contributed by atoms with Crippen LogP contribution < -0.4 is 5.32 Å². The minimum absolute atomic E-state index is 0.303. The van der Waals surface area contributed by atoms with Gasteiger partial charge in [-0.15, -0.1) is 11.3 Å². The number of aryl methyl sites for hydroxylation is 1. The molecule has 1 amide bonds. The average molecular weight is 362 g/mol. The van der Waals surface area contributed by atoms with E-state index in [2.05, 4.69) is 10.3 Å². The molecule has 3 nitrogen and oxygen atoms in total. The lowest BCUT2D eigenvalue weighted by Crippen LogP contribution is -2.13. The molecular weight excluding hydrogens is 349 g/mol. The Morgan fingerprint density at radius 3 is 2.60 bits per heavy atom. The zero-order valence-corrected chi connectivity index (χ0v) is 13.9. The Morgan fingerprint density at radius 1 is 1.12 bits per heavy atom. The van der Waals surface area contributed by atoms with Gasteiger partial charge in [0.2, 0.25) is 0 Å². The summed E-state index contributed by atoms with van der Waals surface area (Å²) in [7, 11) is 0. The van der Waals surface area contributed by atoms with Gasteiger partial charge < -0.3 is 0 Å². The number of halogens is 3. The second-order valence-electron chi connectivity index (χ2n) is 5.39. The minimum atomic E-state index is -4.41. The molecule has 2 aromatic carbocycles. The summed E-state index contributed by atoms with van der Waals surface area (Å²) < 4.78 is 38.4. The number of nitrogens with one attached hydrogen (secondary N) is 1. The van der Waals surface area contributed by atoms with Crippen LogP contribution in [0, 0.1) is 6.92 Å². The van der Waals surface area contributed by atoms with Crippen molar-refractivity contribution in [3.05, 3.63) is 70.6 Å². The summed E-state index contributed by atoms with van der Waals surface area (Å²) in [6.45, 7) is 1.82. The summed E-state index contributed by atoms with van der Waals surface area (Å²) in [6, 6.07) is 12.1. The van der Waals surface area contributed by atoms with Crippen molar-refractivity contribution >= 4 is 22.4 Å². The number of benzene rings is 2. The monoisotopic (exact) mass is 362 g/mol. The third-order valence-electron chi connectivity index (χ3n) is 3.60. The van der Waals surface area contributed by atoms with Gasteiger partial charge in [-0.25, -0.2) is 4.98 Å². The van der Waals surface area contributed by atoms with Gasteiger partial charge >= 0.3 is 6.18 Å². The largest absolute Gasteiger partial charge is 0.416 e. The Kier molecular flexibility index (Phi) is 4.59. The van der Waals surface area contributed by atoms with Crippen molar-refractivity contribution in [1.82, 2.24) is 4.98 Å². The number of hydrogen-bond donors (Lipinski definition) is 1. The molecule has 1 heterocycles. The molecule has 0 spiro atoms. The maximum Gasteiger partial charge on any atom is 0.416 e. The molecular formula is C18H13F3N2OS. The fraction of sp³-hybridized carbons (Fsp3) is 0.111. The molecule has 1 N–H and O–H groups in total. The Labute approximate surface area is 146 Å². The number of carbonyl (C=O) groups is 1. The zero-order valence-electron chi connectivity index (χ0n) is 13.1. The molecule has 3 aromatic rings. The van der Waals surface area contributed by atoms with Gasteiger partial charge in [0, 0.05) is 16.5 Å². The molecule has 0 aliphatic carbocycles. The highest BCUT2D eigenvalue weighted by atomic mass is 32.1. The van der Waals surface area contributed by atoms with Gasteiger partial charge in [0.05, 0.1) is 11.3 Å². The van der Waals surface area contributed by atoms with Crippen molar-refractivity contribution in [2.75, 3.05) is 5.32 Å². The van der Waals surface area contributed by atoms with Gasteiger partial charge in [0.25, 0.3) is 5.91 Å². The maximum absolute atomic E-state index is 12.8. The first kappa shape index (κ1) is 17.2. The van der Waals surface area contributed by atoms with Crippen LogP contribution in [-0.2, 0) is 6.18 Å². The van der Waals surface area contributed by atoms with Crippen LogP contribution in [0.25, 0.3) is 11.3 Å². The molecule has 128 valence electrons. The molecule has 0 aliphatic rings. The predicted octanol–water partition coefficient (Wildman–Crippen LogP) is 5.39. The molecule has 0 fully saturated rings. The van der Waals surface area contributed by atoms with E-state index >= 15 is 0 Å². The molecule has 0 aliphatic heterocycles. The summed E-state index contributed by atoms with van der Waals surface area (Å²) in [4.78, 5) is 16.5. The van der Waals surface area contributed by atoms with Gasteiger partial charge in [-0.3, -0.25) is 10.1 Å². The number of amides is 1. The van der Waals surface area contributed by atoms with Crippen LogP contribution in [0.15, 0.2) is 53.9 Å². The van der Waals surface area contributed by atoms with E-state index in [0.717, 1.165) is 29.0 Å². The van der Waals surface area contributed by atoms with Gasteiger partial charge in [0.15, 0.2) is 5.13 Å². The molecule has 7 heteroatoms.